The van der Waals surface area contributed by atoms with Crippen LogP contribution in [0.1, 0.15) is 22.2 Å². The van der Waals surface area contributed by atoms with E-state index in [9.17, 15) is 9.90 Å². The van der Waals surface area contributed by atoms with Gasteiger partial charge in [-0.2, -0.15) is 0 Å². The second-order valence-corrected chi connectivity index (χ2v) is 5.13. The molecule has 0 bridgehead atoms. The summed E-state index contributed by atoms with van der Waals surface area (Å²) in [5, 5.41) is 12.4. The molecule has 2 aromatic rings. The number of aliphatic hydroxyl groups excluding tert-OH is 1. The maximum absolute atomic E-state index is 12.2. The second kappa shape index (κ2) is 6.50. The van der Waals surface area contributed by atoms with Gasteiger partial charge in [-0.3, -0.25) is 4.79 Å². The summed E-state index contributed by atoms with van der Waals surface area (Å²) in [7, 11) is 0. The lowest BCUT2D eigenvalue weighted by atomic mass is 10.1. The zero-order valence-corrected chi connectivity index (χ0v) is 12.3. The third-order valence-electron chi connectivity index (χ3n) is 2.65. The number of furan rings is 1. The highest BCUT2D eigenvalue weighted by molar-refractivity contribution is 6.46. The van der Waals surface area contributed by atoms with Gasteiger partial charge in [-0.15, -0.1) is 0 Å². The molecule has 7 heteroatoms. The van der Waals surface area contributed by atoms with Gasteiger partial charge in [-0.05, 0) is 24.3 Å². The van der Waals surface area contributed by atoms with E-state index in [4.69, 9.17) is 39.2 Å². The third-order valence-corrected chi connectivity index (χ3v) is 3.76. The standard InChI is InChI=1S/C13H10Cl3NO3/c14-7-3-4-8(15)12(16)11(7)13(19)17-9(6-18)10-2-1-5-20-10/h1-5,9,18H,6H2,(H,17,19). The predicted molar refractivity (Wildman–Crippen MR) is 77.5 cm³/mol. The van der Waals surface area contributed by atoms with E-state index in [2.05, 4.69) is 5.32 Å². The topological polar surface area (TPSA) is 62.5 Å². The molecule has 0 aliphatic rings. The summed E-state index contributed by atoms with van der Waals surface area (Å²) in [4.78, 5) is 12.2. The molecule has 1 aromatic carbocycles. The highest BCUT2D eigenvalue weighted by Crippen LogP contribution is 2.31. The van der Waals surface area contributed by atoms with Gasteiger partial charge in [0.1, 0.15) is 11.8 Å². The van der Waals surface area contributed by atoms with Crippen LogP contribution in [0.15, 0.2) is 34.9 Å². The Morgan fingerprint density at radius 3 is 2.55 bits per heavy atom. The molecule has 0 saturated carbocycles. The molecule has 2 rings (SSSR count). The van der Waals surface area contributed by atoms with Gasteiger partial charge in [-0.25, -0.2) is 0 Å². The minimum absolute atomic E-state index is 0.0610. The highest BCUT2D eigenvalue weighted by atomic mass is 35.5. The smallest absolute Gasteiger partial charge is 0.255 e. The Morgan fingerprint density at radius 1 is 1.25 bits per heavy atom. The molecule has 0 fully saturated rings. The van der Waals surface area contributed by atoms with E-state index in [-0.39, 0.29) is 27.2 Å². The van der Waals surface area contributed by atoms with E-state index in [1.165, 1.54) is 18.4 Å². The SMILES string of the molecule is O=C(NC(CO)c1ccco1)c1c(Cl)ccc(Cl)c1Cl. The molecule has 106 valence electrons. The van der Waals surface area contributed by atoms with Crippen molar-refractivity contribution in [3.63, 3.8) is 0 Å². The number of amides is 1. The van der Waals surface area contributed by atoms with Crippen molar-refractivity contribution in [1.82, 2.24) is 5.32 Å². The van der Waals surface area contributed by atoms with E-state index in [0.29, 0.717) is 5.76 Å². The van der Waals surface area contributed by atoms with Crippen molar-refractivity contribution in [2.45, 2.75) is 6.04 Å². The molecule has 0 radical (unpaired) electrons. The van der Waals surface area contributed by atoms with Crippen LogP contribution in [0, 0.1) is 0 Å². The summed E-state index contributed by atoms with van der Waals surface area (Å²) in [5.41, 5.74) is 0.0610. The number of halogens is 3. The van der Waals surface area contributed by atoms with Gasteiger partial charge in [0.2, 0.25) is 0 Å². The van der Waals surface area contributed by atoms with Gasteiger partial charge in [0.15, 0.2) is 0 Å². The van der Waals surface area contributed by atoms with E-state index >= 15 is 0 Å². The van der Waals surface area contributed by atoms with Gasteiger partial charge in [-0.1, -0.05) is 34.8 Å². The fourth-order valence-electron chi connectivity index (χ4n) is 1.66. The van der Waals surface area contributed by atoms with Crippen LogP contribution in [-0.4, -0.2) is 17.6 Å². The van der Waals surface area contributed by atoms with E-state index in [0.717, 1.165) is 0 Å². The maximum atomic E-state index is 12.2. The van der Waals surface area contributed by atoms with E-state index < -0.39 is 11.9 Å². The van der Waals surface area contributed by atoms with Crippen LogP contribution < -0.4 is 5.32 Å². The van der Waals surface area contributed by atoms with E-state index in [1.807, 2.05) is 0 Å². The molecule has 0 aliphatic heterocycles. The zero-order chi connectivity index (χ0) is 14.7. The van der Waals surface area contributed by atoms with Crippen molar-refractivity contribution in [3.05, 3.63) is 56.9 Å². The van der Waals surface area contributed by atoms with Crippen LogP contribution in [0.5, 0.6) is 0 Å². The molecule has 1 unspecified atom stereocenters. The second-order valence-electron chi connectivity index (χ2n) is 3.94. The number of benzene rings is 1. The average molecular weight is 335 g/mol. The fourth-order valence-corrected chi connectivity index (χ4v) is 2.36. The average Bonchev–Trinajstić information content (AvgIpc) is 2.94. The first-order valence-electron chi connectivity index (χ1n) is 5.63. The third kappa shape index (κ3) is 3.10. The molecule has 0 aliphatic carbocycles. The van der Waals surface area contributed by atoms with E-state index in [1.54, 1.807) is 12.1 Å². The summed E-state index contributed by atoms with van der Waals surface area (Å²) >= 11 is 17.8. The molecule has 0 saturated heterocycles. The van der Waals surface area contributed by atoms with Crippen LogP contribution in [0.2, 0.25) is 15.1 Å². The molecule has 1 heterocycles. The molecule has 1 aromatic heterocycles. The fraction of sp³-hybridized carbons (Fsp3) is 0.154. The number of rotatable bonds is 4. The first kappa shape index (κ1) is 15.2. The number of nitrogens with one attached hydrogen (secondary N) is 1. The number of carbonyl (C=O) groups is 1. The van der Waals surface area contributed by atoms with Crippen LogP contribution in [0.4, 0.5) is 0 Å². The normalized spacial score (nSPS) is 12.2. The Kier molecular flexibility index (Phi) is 4.94. The molecule has 1 atom stereocenters. The molecule has 0 spiro atoms. The first-order chi connectivity index (χ1) is 9.54. The van der Waals surface area contributed by atoms with Crippen molar-refractivity contribution >= 4 is 40.7 Å². The van der Waals surface area contributed by atoms with Gasteiger partial charge < -0.3 is 14.8 Å². The molecule has 20 heavy (non-hydrogen) atoms. The van der Waals surface area contributed by atoms with Crippen LogP contribution in [0.25, 0.3) is 0 Å². The lowest BCUT2D eigenvalue weighted by Crippen LogP contribution is -2.31. The Balaban J connectivity index is 2.26. The van der Waals surface area contributed by atoms with Crippen molar-refractivity contribution in [3.8, 4) is 0 Å². The maximum Gasteiger partial charge on any atom is 0.255 e. The zero-order valence-electron chi connectivity index (χ0n) is 10.1. The summed E-state index contributed by atoms with van der Waals surface area (Å²) in [5.74, 6) is -0.118. The minimum Gasteiger partial charge on any atom is -0.467 e. The predicted octanol–water partition coefficient (Wildman–Crippen LogP) is 3.70. The summed E-state index contributed by atoms with van der Waals surface area (Å²) in [6.07, 6.45) is 1.45. The van der Waals surface area contributed by atoms with Gasteiger partial charge in [0, 0.05) is 0 Å². The number of carbonyl (C=O) groups excluding carboxylic acids is 1. The Labute approximate surface area is 130 Å². The van der Waals surface area contributed by atoms with Crippen LogP contribution >= 0.6 is 34.8 Å². The molecular weight excluding hydrogens is 325 g/mol. The molecular formula is C13H10Cl3NO3. The monoisotopic (exact) mass is 333 g/mol. The first-order valence-corrected chi connectivity index (χ1v) is 6.76. The van der Waals surface area contributed by atoms with Crippen LogP contribution in [0.3, 0.4) is 0 Å². The van der Waals surface area contributed by atoms with Gasteiger partial charge >= 0.3 is 0 Å². The van der Waals surface area contributed by atoms with Gasteiger partial charge in [0.25, 0.3) is 5.91 Å². The summed E-state index contributed by atoms with van der Waals surface area (Å²) in [6.45, 7) is -0.324. The molecule has 4 nitrogen and oxygen atoms in total. The Bertz CT molecular complexity index is 614. The molecule has 1 amide bonds. The van der Waals surface area contributed by atoms with Crippen molar-refractivity contribution in [2.24, 2.45) is 0 Å². The summed E-state index contributed by atoms with van der Waals surface area (Å²) < 4.78 is 5.14. The lowest BCUT2D eigenvalue weighted by Gasteiger charge is -2.15. The number of aliphatic hydroxyl groups is 1. The number of hydrogen-bond acceptors (Lipinski definition) is 3. The largest absolute Gasteiger partial charge is 0.467 e. The molecule has 2 N–H and O–H groups in total. The quantitative estimate of drug-likeness (QED) is 0.838. The Morgan fingerprint density at radius 2 is 1.95 bits per heavy atom. The van der Waals surface area contributed by atoms with Crippen molar-refractivity contribution in [2.75, 3.05) is 6.61 Å². The highest BCUT2D eigenvalue weighted by Gasteiger charge is 2.22. The van der Waals surface area contributed by atoms with Crippen molar-refractivity contribution < 1.29 is 14.3 Å². The minimum atomic E-state index is -0.691. The lowest BCUT2D eigenvalue weighted by molar-refractivity contribution is 0.0907. The van der Waals surface area contributed by atoms with Gasteiger partial charge in [0.05, 0.1) is 33.5 Å². The number of hydrogen-bond donors (Lipinski definition) is 2. The Hall–Kier alpha value is -1.20. The summed E-state index contributed by atoms with van der Waals surface area (Å²) in [6, 6.07) is 5.58. The van der Waals surface area contributed by atoms with Crippen molar-refractivity contribution in [1.29, 1.82) is 0 Å². The van der Waals surface area contributed by atoms with Crippen LogP contribution in [-0.2, 0) is 0 Å².